The maximum Gasteiger partial charge on any atom is 0.573 e. The van der Waals surface area contributed by atoms with Gasteiger partial charge in [0.2, 0.25) is 0 Å². The number of halogens is 6. The second-order valence-electron chi connectivity index (χ2n) is 2.85. The molecule has 0 saturated carbocycles. The lowest BCUT2D eigenvalue weighted by Gasteiger charge is -2.16. The molecule has 17 heavy (non-hydrogen) atoms. The summed E-state index contributed by atoms with van der Waals surface area (Å²) in [7, 11) is 0. The van der Waals surface area contributed by atoms with Gasteiger partial charge in [-0.3, -0.25) is 4.98 Å². The molecule has 2 N–H and O–H groups in total. The number of alkyl halides is 5. The highest BCUT2D eigenvalue weighted by atomic mass is 35.5. The lowest BCUT2D eigenvalue weighted by atomic mass is 10.2. The molecule has 0 aliphatic heterocycles. The van der Waals surface area contributed by atoms with Gasteiger partial charge < -0.3 is 10.5 Å². The second kappa shape index (κ2) is 5.01. The molecule has 0 spiro atoms. The van der Waals surface area contributed by atoms with E-state index < -0.39 is 41.4 Å². The highest BCUT2D eigenvalue weighted by Gasteiger charge is 2.35. The summed E-state index contributed by atoms with van der Waals surface area (Å²) in [5.74, 6) is -1.16. The molecule has 0 saturated heterocycles. The van der Waals surface area contributed by atoms with E-state index in [-0.39, 0.29) is 0 Å². The molecule has 0 aliphatic rings. The Hall–Kier alpha value is -1.15. The van der Waals surface area contributed by atoms with Crippen LogP contribution in [0.25, 0.3) is 0 Å². The molecule has 0 bridgehead atoms. The Balaban J connectivity index is 3.34. The number of ether oxygens (including phenoxy) is 1. The molecule has 0 fully saturated rings. The molecule has 1 rings (SSSR count). The van der Waals surface area contributed by atoms with Crippen LogP contribution < -0.4 is 10.5 Å². The predicted octanol–water partition coefficient (Wildman–Crippen LogP) is 3.03. The number of aromatic nitrogens is 1. The van der Waals surface area contributed by atoms with Crippen molar-refractivity contribution in [3.63, 3.8) is 0 Å². The minimum atomic E-state index is -5.12. The first-order valence-electron chi connectivity index (χ1n) is 4.17. The molecule has 0 aromatic carbocycles. The van der Waals surface area contributed by atoms with Crippen molar-refractivity contribution in [2.24, 2.45) is 5.73 Å². The molecule has 96 valence electrons. The van der Waals surface area contributed by atoms with Gasteiger partial charge in [0.1, 0.15) is 5.02 Å². The topological polar surface area (TPSA) is 48.1 Å². The van der Waals surface area contributed by atoms with Crippen molar-refractivity contribution in [2.45, 2.75) is 19.3 Å². The van der Waals surface area contributed by atoms with E-state index in [0.29, 0.717) is 0 Å². The van der Waals surface area contributed by atoms with Crippen molar-refractivity contribution in [2.75, 3.05) is 0 Å². The van der Waals surface area contributed by atoms with Crippen LogP contribution in [0.3, 0.4) is 0 Å². The van der Waals surface area contributed by atoms with Crippen LogP contribution in [0.5, 0.6) is 5.75 Å². The molecule has 0 atom stereocenters. The zero-order chi connectivity index (χ0) is 13.2. The molecule has 1 heterocycles. The van der Waals surface area contributed by atoms with Crippen LogP contribution in [0, 0.1) is 0 Å². The molecule has 0 amide bonds. The number of nitrogens with zero attached hydrogens (tertiary/aromatic N) is 1. The molecule has 1 aromatic heterocycles. The van der Waals surface area contributed by atoms with Crippen molar-refractivity contribution < 1.29 is 26.7 Å². The van der Waals surface area contributed by atoms with Gasteiger partial charge in [-0.2, -0.15) is 0 Å². The second-order valence-corrected chi connectivity index (χ2v) is 3.26. The standard InChI is InChI=1S/C8H6ClF5N2O/c9-3-2-16-4(1-15)5(7(10)11)6(3)17-8(12,13)14/h2,7H,1,15H2. The zero-order valence-electron chi connectivity index (χ0n) is 8.06. The summed E-state index contributed by atoms with van der Waals surface area (Å²) in [6.07, 6.45) is -7.57. The van der Waals surface area contributed by atoms with Crippen molar-refractivity contribution >= 4 is 11.6 Å². The van der Waals surface area contributed by atoms with Crippen LogP contribution in [0.4, 0.5) is 22.0 Å². The Morgan fingerprint density at radius 3 is 2.41 bits per heavy atom. The first-order chi connectivity index (χ1) is 7.76. The Morgan fingerprint density at radius 2 is 2.00 bits per heavy atom. The molecule has 1 aromatic rings. The van der Waals surface area contributed by atoms with Gasteiger partial charge in [-0.25, -0.2) is 8.78 Å². The lowest BCUT2D eigenvalue weighted by Crippen LogP contribution is -2.20. The fourth-order valence-corrected chi connectivity index (χ4v) is 1.32. The molecular formula is C8H6ClF5N2O. The number of rotatable bonds is 3. The van der Waals surface area contributed by atoms with E-state index in [1.54, 1.807) is 0 Å². The van der Waals surface area contributed by atoms with Gasteiger partial charge in [-0.15, -0.1) is 13.2 Å². The normalized spacial score (nSPS) is 12.0. The third-order valence-electron chi connectivity index (χ3n) is 1.74. The number of pyridine rings is 1. The van der Waals surface area contributed by atoms with Crippen LogP contribution in [0.15, 0.2) is 6.20 Å². The first-order valence-corrected chi connectivity index (χ1v) is 4.55. The summed E-state index contributed by atoms with van der Waals surface area (Å²) in [5.41, 5.74) is 3.65. The van der Waals surface area contributed by atoms with Crippen molar-refractivity contribution in [3.05, 3.63) is 22.5 Å². The van der Waals surface area contributed by atoms with Gasteiger partial charge in [0, 0.05) is 12.7 Å². The zero-order valence-corrected chi connectivity index (χ0v) is 8.82. The fraction of sp³-hybridized carbons (Fsp3) is 0.375. The maximum absolute atomic E-state index is 12.6. The minimum absolute atomic E-state index is 0.399. The van der Waals surface area contributed by atoms with E-state index in [2.05, 4.69) is 9.72 Å². The summed E-state index contributed by atoms with van der Waals surface area (Å²) in [4.78, 5) is 3.42. The maximum atomic E-state index is 12.6. The third kappa shape index (κ3) is 3.40. The van der Waals surface area contributed by atoms with E-state index in [0.717, 1.165) is 6.20 Å². The van der Waals surface area contributed by atoms with Gasteiger partial charge >= 0.3 is 6.36 Å². The SMILES string of the molecule is NCc1ncc(Cl)c(OC(F)(F)F)c1C(F)F. The van der Waals surface area contributed by atoms with Crippen molar-refractivity contribution in [1.82, 2.24) is 4.98 Å². The van der Waals surface area contributed by atoms with Gasteiger partial charge in [0.05, 0.1) is 11.3 Å². The van der Waals surface area contributed by atoms with Crippen molar-refractivity contribution in [3.8, 4) is 5.75 Å². The highest BCUT2D eigenvalue weighted by molar-refractivity contribution is 6.32. The summed E-state index contributed by atoms with van der Waals surface area (Å²) in [5, 5.41) is -0.658. The van der Waals surface area contributed by atoms with E-state index >= 15 is 0 Å². The Morgan fingerprint density at radius 1 is 1.41 bits per heavy atom. The third-order valence-corrected chi connectivity index (χ3v) is 2.00. The van der Waals surface area contributed by atoms with E-state index in [1.165, 1.54) is 0 Å². The van der Waals surface area contributed by atoms with Gasteiger partial charge in [0.25, 0.3) is 6.43 Å². The van der Waals surface area contributed by atoms with Gasteiger partial charge in [-0.1, -0.05) is 11.6 Å². The van der Waals surface area contributed by atoms with Crippen LogP contribution in [-0.2, 0) is 6.54 Å². The van der Waals surface area contributed by atoms with Gasteiger partial charge in [0.15, 0.2) is 5.75 Å². The fourth-order valence-electron chi connectivity index (χ4n) is 1.13. The Kier molecular flexibility index (Phi) is 4.10. The summed E-state index contributed by atoms with van der Waals surface area (Å²) >= 11 is 5.35. The average Bonchev–Trinajstić information content (AvgIpc) is 2.18. The summed E-state index contributed by atoms with van der Waals surface area (Å²) < 4.78 is 64.8. The summed E-state index contributed by atoms with van der Waals surface area (Å²) in [6, 6.07) is 0. The Labute approximate surface area is 97.3 Å². The van der Waals surface area contributed by atoms with Crippen LogP contribution in [0.1, 0.15) is 17.7 Å². The first kappa shape index (κ1) is 13.9. The molecule has 0 radical (unpaired) electrons. The van der Waals surface area contributed by atoms with Crippen molar-refractivity contribution in [1.29, 1.82) is 0 Å². The smallest absolute Gasteiger partial charge is 0.404 e. The van der Waals surface area contributed by atoms with E-state index in [9.17, 15) is 22.0 Å². The monoisotopic (exact) mass is 276 g/mol. The van der Waals surface area contributed by atoms with Crippen LogP contribution >= 0.6 is 11.6 Å². The largest absolute Gasteiger partial charge is 0.573 e. The van der Waals surface area contributed by atoms with E-state index in [1.807, 2.05) is 0 Å². The van der Waals surface area contributed by atoms with Gasteiger partial charge in [-0.05, 0) is 0 Å². The average molecular weight is 277 g/mol. The molecular weight excluding hydrogens is 271 g/mol. The Bertz CT molecular complexity index is 410. The predicted molar refractivity (Wildman–Crippen MR) is 48.8 cm³/mol. The van der Waals surface area contributed by atoms with Crippen LogP contribution in [0.2, 0.25) is 5.02 Å². The molecule has 9 heteroatoms. The minimum Gasteiger partial charge on any atom is -0.404 e. The lowest BCUT2D eigenvalue weighted by molar-refractivity contribution is -0.275. The van der Waals surface area contributed by atoms with E-state index in [4.69, 9.17) is 17.3 Å². The molecule has 0 aliphatic carbocycles. The number of hydrogen-bond acceptors (Lipinski definition) is 3. The molecule has 0 unspecified atom stereocenters. The highest BCUT2D eigenvalue weighted by Crippen LogP contribution is 2.39. The van der Waals surface area contributed by atoms with Crippen LogP contribution in [-0.4, -0.2) is 11.3 Å². The molecule has 3 nitrogen and oxygen atoms in total. The number of hydrogen-bond donors (Lipinski definition) is 1. The number of nitrogens with two attached hydrogens (primary N) is 1. The quantitative estimate of drug-likeness (QED) is 0.863. The summed E-state index contributed by atoms with van der Waals surface area (Å²) in [6.45, 7) is -0.453.